The summed E-state index contributed by atoms with van der Waals surface area (Å²) in [5.41, 5.74) is 1.57. The molecule has 31 heavy (non-hydrogen) atoms. The van der Waals surface area contributed by atoms with E-state index in [1.54, 1.807) is 13.2 Å². The summed E-state index contributed by atoms with van der Waals surface area (Å²) in [5, 5.41) is 20.9. The molecule has 1 amide bonds. The maximum Gasteiger partial charge on any atom is 0.320 e. The highest BCUT2D eigenvalue weighted by Gasteiger charge is 2.50. The molecule has 3 heterocycles. The second-order valence-electron chi connectivity index (χ2n) is 8.93. The standard InChI is InChI=1S/C22H28N6O3/c1-13-8-18(26-17-11-16(23-12-24-17)25-14-9-15(10-14)31-2)28(30)20-19(13)21(29)27-22(20)6-4-3-5-7-22/h8,11-12,14-15,30H,3-7,9-10H2,1-2H3,(H2,23,24,25,27,29)/p+1. The molecule has 1 spiro atoms. The fraction of sp³-hybridized carbons (Fsp3) is 0.545. The third-order valence-corrected chi connectivity index (χ3v) is 6.87. The van der Waals surface area contributed by atoms with E-state index in [1.807, 2.05) is 13.0 Å². The summed E-state index contributed by atoms with van der Waals surface area (Å²) < 4.78 is 6.46. The number of hydrogen-bond acceptors (Lipinski definition) is 7. The monoisotopic (exact) mass is 425 g/mol. The predicted octanol–water partition coefficient (Wildman–Crippen LogP) is 2.55. The van der Waals surface area contributed by atoms with Crippen LogP contribution in [-0.4, -0.2) is 40.3 Å². The zero-order valence-corrected chi connectivity index (χ0v) is 17.9. The van der Waals surface area contributed by atoms with Gasteiger partial charge in [-0.15, -0.1) is 0 Å². The average Bonchev–Trinajstić information content (AvgIpc) is 3.01. The van der Waals surface area contributed by atoms with Crippen molar-refractivity contribution < 1.29 is 19.5 Å². The number of fused-ring (bicyclic) bond motifs is 2. The van der Waals surface area contributed by atoms with Crippen molar-refractivity contribution in [1.82, 2.24) is 15.3 Å². The number of methoxy groups -OCH3 is 1. The summed E-state index contributed by atoms with van der Waals surface area (Å²) in [7, 11) is 1.73. The number of aryl methyl sites for hydroxylation is 1. The van der Waals surface area contributed by atoms with Gasteiger partial charge in [-0.05, 0) is 42.9 Å². The van der Waals surface area contributed by atoms with Gasteiger partial charge in [-0.3, -0.25) is 4.79 Å². The zero-order chi connectivity index (χ0) is 21.6. The van der Waals surface area contributed by atoms with Crippen molar-refractivity contribution >= 4 is 23.4 Å². The van der Waals surface area contributed by atoms with Crippen molar-refractivity contribution in [3.8, 4) is 0 Å². The van der Waals surface area contributed by atoms with Gasteiger partial charge in [-0.2, -0.15) is 4.98 Å². The maximum absolute atomic E-state index is 12.7. The van der Waals surface area contributed by atoms with E-state index in [1.165, 1.54) is 6.33 Å². The van der Waals surface area contributed by atoms with Crippen molar-refractivity contribution in [3.63, 3.8) is 0 Å². The van der Waals surface area contributed by atoms with Gasteiger partial charge in [0.1, 0.15) is 17.7 Å². The Hall–Kier alpha value is -2.94. The van der Waals surface area contributed by atoms with E-state index < -0.39 is 5.54 Å². The van der Waals surface area contributed by atoms with Gasteiger partial charge in [0.25, 0.3) is 5.91 Å². The molecule has 0 atom stereocenters. The summed E-state index contributed by atoms with van der Waals surface area (Å²) in [4.78, 5) is 21.3. The van der Waals surface area contributed by atoms with E-state index in [9.17, 15) is 10.0 Å². The fourth-order valence-corrected chi connectivity index (χ4v) is 5.15. The van der Waals surface area contributed by atoms with Gasteiger partial charge in [-0.1, -0.05) is 19.3 Å². The molecular formula is C22H29N6O3+. The summed E-state index contributed by atoms with van der Waals surface area (Å²) >= 11 is 0. The summed E-state index contributed by atoms with van der Waals surface area (Å²) in [6, 6.07) is 3.94. The molecule has 164 valence electrons. The lowest BCUT2D eigenvalue weighted by Gasteiger charge is -2.34. The molecule has 9 nitrogen and oxygen atoms in total. The first kappa shape index (κ1) is 20.0. The molecule has 2 fully saturated rings. The third-order valence-electron chi connectivity index (χ3n) is 6.87. The number of nitrogens with one attached hydrogen (secondary N) is 3. The highest BCUT2D eigenvalue weighted by atomic mass is 16.5. The first-order valence-electron chi connectivity index (χ1n) is 11.0. The Morgan fingerprint density at radius 1 is 1.19 bits per heavy atom. The molecule has 0 saturated heterocycles. The van der Waals surface area contributed by atoms with E-state index in [0.29, 0.717) is 35.0 Å². The number of rotatable bonds is 5. The van der Waals surface area contributed by atoms with Crippen LogP contribution in [0.4, 0.5) is 17.5 Å². The van der Waals surface area contributed by atoms with Crippen LogP contribution in [0.3, 0.4) is 0 Å². The highest BCUT2D eigenvalue weighted by molar-refractivity contribution is 6.00. The quantitative estimate of drug-likeness (QED) is 0.430. The van der Waals surface area contributed by atoms with Crippen LogP contribution in [0.5, 0.6) is 0 Å². The van der Waals surface area contributed by atoms with Crippen molar-refractivity contribution in [2.45, 2.75) is 69.6 Å². The number of carbonyl (C=O) groups is 1. The Morgan fingerprint density at radius 2 is 1.94 bits per heavy atom. The maximum atomic E-state index is 12.7. The van der Waals surface area contributed by atoms with Gasteiger partial charge in [0.05, 0.1) is 11.7 Å². The Labute approximate surface area is 181 Å². The van der Waals surface area contributed by atoms with Gasteiger partial charge in [0.2, 0.25) is 5.82 Å². The lowest BCUT2D eigenvalue weighted by molar-refractivity contribution is -0.900. The topological polar surface area (TPSA) is 112 Å². The van der Waals surface area contributed by atoms with Crippen molar-refractivity contribution in [1.29, 1.82) is 0 Å². The number of carbonyl (C=O) groups excluding carboxylic acids is 1. The van der Waals surface area contributed by atoms with E-state index in [-0.39, 0.29) is 5.91 Å². The average molecular weight is 426 g/mol. The molecule has 1 aliphatic heterocycles. The van der Waals surface area contributed by atoms with Crippen LogP contribution in [0.25, 0.3) is 0 Å². The second kappa shape index (κ2) is 7.64. The molecule has 2 aliphatic carbocycles. The van der Waals surface area contributed by atoms with Gasteiger partial charge < -0.3 is 20.6 Å². The van der Waals surface area contributed by atoms with Gasteiger partial charge in [-0.25, -0.2) is 10.3 Å². The van der Waals surface area contributed by atoms with Crippen LogP contribution in [-0.2, 0) is 10.3 Å². The minimum absolute atomic E-state index is 0.105. The molecule has 0 aromatic carbocycles. The van der Waals surface area contributed by atoms with Crippen LogP contribution in [0, 0.1) is 6.92 Å². The Kier molecular flexibility index (Phi) is 4.92. The second-order valence-corrected chi connectivity index (χ2v) is 8.93. The molecule has 9 heteroatoms. The van der Waals surface area contributed by atoms with Crippen LogP contribution in [0.1, 0.15) is 66.6 Å². The van der Waals surface area contributed by atoms with Crippen molar-refractivity contribution in [3.05, 3.63) is 35.3 Å². The zero-order valence-electron chi connectivity index (χ0n) is 17.9. The number of ether oxygens (including phenoxy) is 1. The molecule has 4 N–H and O–H groups in total. The summed E-state index contributed by atoms with van der Waals surface area (Å²) in [5.74, 6) is 1.66. The minimum Gasteiger partial charge on any atom is -0.381 e. The Morgan fingerprint density at radius 3 is 2.68 bits per heavy atom. The van der Waals surface area contributed by atoms with Crippen molar-refractivity contribution in [2.24, 2.45) is 0 Å². The Balaban J connectivity index is 1.42. The number of pyridine rings is 1. The Bertz CT molecular complexity index is 1010. The minimum atomic E-state index is -0.498. The molecule has 5 rings (SSSR count). The number of aromatic nitrogens is 3. The normalized spacial score (nSPS) is 23.7. The lowest BCUT2D eigenvalue weighted by atomic mass is 9.79. The van der Waals surface area contributed by atoms with Crippen LogP contribution >= 0.6 is 0 Å². The number of amides is 1. The first-order valence-corrected chi connectivity index (χ1v) is 11.0. The molecule has 2 aromatic rings. The predicted molar refractivity (Wildman–Crippen MR) is 114 cm³/mol. The number of nitrogens with zero attached hydrogens (tertiary/aromatic N) is 3. The van der Waals surface area contributed by atoms with E-state index in [0.717, 1.165) is 61.1 Å². The number of hydrogen-bond donors (Lipinski definition) is 4. The lowest BCUT2D eigenvalue weighted by Crippen LogP contribution is -2.50. The molecular weight excluding hydrogens is 396 g/mol. The number of anilines is 3. The van der Waals surface area contributed by atoms with Gasteiger partial charge in [0.15, 0.2) is 5.69 Å². The van der Waals surface area contributed by atoms with Gasteiger partial charge in [0, 0.05) is 25.3 Å². The molecule has 2 aromatic heterocycles. The van der Waals surface area contributed by atoms with Crippen LogP contribution in [0.15, 0.2) is 18.5 Å². The van der Waals surface area contributed by atoms with E-state index in [4.69, 9.17) is 4.74 Å². The SMILES string of the molecule is COC1CC(Nc2cc(Nc3cc(C)c4c([n+]3O)C3(CCCCC3)NC4=O)ncn2)C1. The molecule has 2 saturated carbocycles. The summed E-state index contributed by atoms with van der Waals surface area (Å²) in [6.45, 7) is 1.90. The fourth-order valence-electron chi connectivity index (χ4n) is 5.15. The van der Waals surface area contributed by atoms with E-state index in [2.05, 4.69) is 25.9 Å². The van der Waals surface area contributed by atoms with Gasteiger partial charge >= 0.3 is 5.82 Å². The summed E-state index contributed by atoms with van der Waals surface area (Å²) in [6.07, 6.45) is 8.58. The van der Waals surface area contributed by atoms with Crippen LogP contribution < -0.4 is 20.7 Å². The van der Waals surface area contributed by atoms with E-state index >= 15 is 0 Å². The third kappa shape index (κ3) is 3.46. The smallest absolute Gasteiger partial charge is 0.320 e. The molecule has 0 unspecified atom stereocenters. The molecule has 3 aliphatic rings. The molecule has 0 radical (unpaired) electrons. The first-order chi connectivity index (χ1) is 15.0. The van der Waals surface area contributed by atoms with Crippen molar-refractivity contribution in [2.75, 3.05) is 17.7 Å². The molecule has 0 bridgehead atoms. The van der Waals surface area contributed by atoms with Crippen LogP contribution in [0.2, 0.25) is 0 Å². The highest BCUT2D eigenvalue weighted by Crippen LogP contribution is 2.42. The largest absolute Gasteiger partial charge is 0.381 e.